The van der Waals surface area contributed by atoms with Gasteiger partial charge in [-0.05, 0) is 67.4 Å². The molecule has 43 heavy (non-hydrogen) atoms. The van der Waals surface area contributed by atoms with Gasteiger partial charge in [0.1, 0.15) is 35.7 Å². The molecule has 3 aliphatic heterocycles. The number of fused-ring (bicyclic) bond motifs is 3. The molecule has 0 unspecified atom stereocenters. The first-order valence-corrected chi connectivity index (χ1v) is 14.6. The van der Waals surface area contributed by atoms with Crippen LogP contribution in [0.15, 0.2) is 36.4 Å². The quantitative estimate of drug-likeness (QED) is 0.305. The Morgan fingerprint density at radius 3 is 2.74 bits per heavy atom. The molecule has 0 spiro atoms. The second-order valence-corrected chi connectivity index (χ2v) is 11.9. The second-order valence-electron chi connectivity index (χ2n) is 11.9. The van der Waals surface area contributed by atoms with Crippen molar-refractivity contribution >= 4 is 27.5 Å². The molecule has 0 bridgehead atoms. The Morgan fingerprint density at radius 2 is 1.93 bits per heavy atom. The maximum atomic E-state index is 16.7. The van der Waals surface area contributed by atoms with Crippen molar-refractivity contribution in [1.82, 2.24) is 14.9 Å². The number of aromatic nitrogens is 2. The average Bonchev–Trinajstić information content (AvgIpc) is 3.51. The third kappa shape index (κ3) is 4.71. The number of phenolic OH excluding ortho intramolecular Hbond substituents is 1. The number of ether oxygens (including phenoxy) is 1. The van der Waals surface area contributed by atoms with E-state index in [-0.39, 0.29) is 40.6 Å². The number of hydrogen-bond donors (Lipinski definition) is 2. The number of hydrogen-bond acceptors (Lipinski definition) is 7. The van der Waals surface area contributed by atoms with Gasteiger partial charge >= 0.3 is 6.01 Å². The maximum absolute atomic E-state index is 16.7. The molecule has 3 fully saturated rings. The van der Waals surface area contributed by atoms with Gasteiger partial charge in [0.25, 0.3) is 0 Å². The van der Waals surface area contributed by atoms with Gasteiger partial charge in [0.2, 0.25) is 0 Å². The number of aliphatic hydroxyl groups is 1. The second kappa shape index (κ2) is 10.6. The first-order chi connectivity index (χ1) is 20.8. The largest absolute Gasteiger partial charge is 0.508 e. The van der Waals surface area contributed by atoms with Crippen molar-refractivity contribution in [3.8, 4) is 35.2 Å². The molecule has 7 rings (SSSR count). The minimum atomic E-state index is -0.929. The predicted octanol–water partition coefficient (Wildman–Crippen LogP) is 5.33. The van der Waals surface area contributed by atoms with E-state index in [1.165, 1.54) is 24.3 Å². The molecule has 3 aromatic carbocycles. The van der Waals surface area contributed by atoms with Crippen LogP contribution in [-0.2, 0) is 0 Å². The van der Waals surface area contributed by atoms with Gasteiger partial charge < -0.3 is 19.8 Å². The van der Waals surface area contributed by atoms with Crippen molar-refractivity contribution < 1.29 is 28.1 Å². The Hall–Kier alpha value is -4.07. The number of rotatable bonds is 5. The molecular formula is C33H31F3N4O3. The fourth-order valence-electron chi connectivity index (χ4n) is 7.21. The Kier molecular flexibility index (Phi) is 6.83. The third-order valence-electron chi connectivity index (χ3n) is 9.18. The standard InChI is InChI=1S/C33H31F3N4O3/c1-2-23-27(35)9-6-19-13-22(42)14-26(28(19)23)24-7-8-25-30(29(24)36)37-32(38-31(25)39-11-3-5-21(41)17-39)43-18-33-10-4-12-40(33)16-20(34)15-33/h1,6-9,13-14,20-21,41-42H,3-5,10-12,15-18H2/t20-,21-,33+/m1/s1. The van der Waals surface area contributed by atoms with E-state index in [1.54, 1.807) is 12.1 Å². The van der Waals surface area contributed by atoms with Gasteiger partial charge in [-0.25, -0.2) is 13.2 Å². The van der Waals surface area contributed by atoms with Crippen LogP contribution in [0.3, 0.4) is 0 Å². The van der Waals surface area contributed by atoms with E-state index in [9.17, 15) is 19.0 Å². The molecule has 4 heterocycles. The summed E-state index contributed by atoms with van der Waals surface area (Å²) in [6.45, 7) is 2.27. The average molecular weight is 589 g/mol. The highest BCUT2D eigenvalue weighted by atomic mass is 19.1. The normalized spacial score (nSPS) is 24.0. The van der Waals surface area contributed by atoms with Crippen LogP contribution in [0, 0.1) is 24.0 Å². The number of phenols is 1. The molecule has 0 aliphatic carbocycles. The van der Waals surface area contributed by atoms with Crippen LogP contribution in [0.4, 0.5) is 19.0 Å². The van der Waals surface area contributed by atoms with E-state index >= 15 is 4.39 Å². The summed E-state index contributed by atoms with van der Waals surface area (Å²) >= 11 is 0. The molecule has 7 nitrogen and oxygen atoms in total. The summed E-state index contributed by atoms with van der Waals surface area (Å²) in [5, 5.41) is 22.1. The minimum Gasteiger partial charge on any atom is -0.508 e. The number of nitrogens with zero attached hydrogens (tertiary/aromatic N) is 4. The summed E-state index contributed by atoms with van der Waals surface area (Å²) in [4.78, 5) is 13.2. The van der Waals surface area contributed by atoms with E-state index in [1.807, 2.05) is 4.90 Å². The molecule has 3 saturated heterocycles. The predicted molar refractivity (Wildman–Crippen MR) is 158 cm³/mol. The highest BCUT2D eigenvalue weighted by Gasteiger charge is 2.49. The molecule has 222 valence electrons. The highest BCUT2D eigenvalue weighted by Crippen LogP contribution is 2.42. The number of alkyl halides is 1. The van der Waals surface area contributed by atoms with E-state index in [0.717, 1.165) is 25.8 Å². The molecule has 3 aliphatic rings. The van der Waals surface area contributed by atoms with Crippen LogP contribution in [0.2, 0.25) is 0 Å². The van der Waals surface area contributed by atoms with Gasteiger partial charge in [0.05, 0.1) is 17.2 Å². The molecule has 2 N–H and O–H groups in total. The zero-order chi connectivity index (χ0) is 29.9. The van der Waals surface area contributed by atoms with Gasteiger partial charge in [-0.3, -0.25) is 4.90 Å². The lowest BCUT2D eigenvalue weighted by atomic mass is 9.93. The van der Waals surface area contributed by atoms with Crippen LogP contribution in [0.25, 0.3) is 32.8 Å². The van der Waals surface area contributed by atoms with Gasteiger partial charge in [0, 0.05) is 42.4 Å². The Balaban J connectivity index is 1.38. The Labute approximate surface area is 246 Å². The topological polar surface area (TPSA) is 82.0 Å². The number of anilines is 1. The summed E-state index contributed by atoms with van der Waals surface area (Å²) in [5.41, 5.74) is -0.219. The van der Waals surface area contributed by atoms with Gasteiger partial charge in [-0.15, -0.1) is 6.42 Å². The van der Waals surface area contributed by atoms with Gasteiger partial charge in [-0.2, -0.15) is 9.97 Å². The minimum absolute atomic E-state index is 0.0247. The molecule has 3 atom stereocenters. The fraction of sp³-hybridized carbons (Fsp3) is 0.394. The lowest BCUT2D eigenvalue weighted by Gasteiger charge is -2.33. The van der Waals surface area contributed by atoms with Crippen LogP contribution < -0.4 is 9.64 Å². The monoisotopic (exact) mass is 588 g/mol. The van der Waals surface area contributed by atoms with E-state index in [0.29, 0.717) is 54.5 Å². The Bertz CT molecular complexity index is 1790. The Morgan fingerprint density at radius 1 is 1.07 bits per heavy atom. The number of aliphatic hydroxyl groups excluding tert-OH is 1. The molecular weight excluding hydrogens is 557 g/mol. The lowest BCUT2D eigenvalue weighted by molar-refractivity contribution is 0.107. The van der Waals surface area contributed by atoms with Crippen LogP contribution >= 0.6 is 0 Å². The van der Waals surface area contributed by atoms with Crippen molar-refractivity contribution in [2.45, 2.75) is 49.9 Å². The van der Waals surface area contributed by atoms with E-state index < -0.39 is 29.4 Å². The number of halogens is 3. The van der Waals surface area contributed by atoms with Crippen molar-refractivity contribution in [1.29, 1.82) is 0 Å². The summed E-state index contributed by atoms with van der Waals surface area (Å²) in [6, 6.07) is 8.68. The van der Waals surface area contributed by atoms with Gasteiger partial charge in [0.15, 0.2) is 5.82 Å². The summed E-state index contributed by atoms with van der Waals surface area (Å²) in [6.07, 6.45) is 7.66. The van der Waals surface area contributed by atoms with Crippen LogP contribution in [0.5, 0.6) is 11.8 Å². The van der Waals surface area contributed by atoms with E-state index in [4.69, 9.17) is 11.2 Å². The molecule has 4 aromatic rings. The summed E-state index contributed by atoms with van der Waals surface area (Å²) < 4.78 is 51.9. The number of aromatic hydroxyl groups is 1. The molecule has 0 saturated carbocycles. The van der Waals surface area contributed by atoms with Crippen molar-refractivity contribution in [3.63, 3.8) is 0 Å². The zero-order valence-corrected chi connectivity index (χ0v) is 23.5. The number of terminal acetylenes is 1. The van der Waals surface area contributed by atoms with Crippen LogP contribution in [-0.4, -0.2) is 75.7 Å². The van der Waals surface area contributed by atoms with Crippen molar-refractivity contribution in [3.05, 3.63) is 53.6 Å². The number of benzene rings is 3. The molecule has 0 radical (unpaired) electrons. The summed E-state index contributed by atoms with van der Waals surface area (Å²) in [7, 11) is 0. The fourth-order valence-corrected chi connectivity index (χ4v) is 7.21. The SMILES string of the molecule is C#Cc1c(F)ccc2cc(O)cc(-c3ccc4c(N5CCC[C@@H](O)C5)nc(OC[C@@]56CCCN5C[C@H](F)C6)nc4c3F)c12. The van der Waals surface area contributed by atoms with Crippen molar-refractivity contribution in [2.24, 2.45) is 0 Å². The first kappa shape index (κ1) is 27.7. The third-order valence-corrected chi connectivity index (χ3v) is 9.18. The molecule has 10 heteroatoms. The van der Waals surface area contributed by atoms with Crippen LogP contribution in [0.1, 0.15) is 37.7 Å². The smallest absolute Gasteiger partial charge is 0.319 e. The summed E-state index contributed by atoms with van der Waals surface area (Å²) in [5.74, 6) is 1.32. The highest BCUT2D eigenvalue weighted by molar-refractivity contribution is 6.04. The maximum Gasteiger partial charge on any atom is 0.319 e. The first-order valence-electron chi connectivity index (χ1n) is 14.6. The molecule has 1 aromatic heterocycles. The number of β-amino-alcohol motifs (C(OH)–C–C–N with tert-alkyl or cyclic N) is 1. The molecule has 0 amide bonds. The number of piperidine rings is 1. The van der Waals surface area contributed by atoms with Gasteiger partial charge in [-0.1, -0.05) is 18.1 Å². The zero-order valence-electron chi connectivity index (χ0n) is 23.5. The van der Waals surface area contributed by atoms with E-state index in [2.05, 4.69) is 20.8 Å². The lowest BCUT2D eigenvalue weighted by Crippen LogP contribution is -2.43. The van der Waals surface area contributed by atoms with Crippen molar-refractivity contribution in [2.75, 3.05) is 37.7 Å².